The molecule has 0 aliphatic carbocycles. The number of rotatable bonds is 3. The lowest BCUT2D eigenvalue weighted by Crippen LogP contribution is -2.33. The van der Waals surface area contributed by atoms with Gasteiger partial charge in [0, 0.05) is 12.5 Å². The van der Waals surface area contributed by atoms with E-state index in [1.807, 2.05) is 6.07 Å². The van der Waals surface area contributed by atoms with E-state index >= 15 is 0 Å². The molecule has 1 unspecified atom stereocenters. The maximum absolute atomic E-state index is 12.3. The van der Waals surface area contributed by atoms with E-state index in [0.29, 0.717) is 13.0 Å². The average molecular weight is 313 g/mol. The van der Waals surface area contributed by atoms with Crippen molar-refractivity contribution in [1.82, 2.24) is 15.1 Å². The van der Waals surface area contributed by atoms with Gasteiger partial charge in [-0.2, -0.15) is 5.10 Å². The average Bonchev–Trinajstić information content (AvgIpc) is 2.94. The van der Waals surface area contributed by atoms with Crippen LogP contribution in [0.1, 0.15) is 38.6 Å². The van der Waals surface area contributed by atoms with Crippen LogP contribution < -0.4 is 0 Å². The van der Waals surface area contributed by atoms with E-state index in [-0.39, 0.29) is 22.8 Å². The molecule has 1 aliphatic rings. The van der Waals surface area contributed by atoms with Crippen molar-refractivity contribution in [3.63, 3.8) is 0 Å². The number of hydrogen-bond donors (Lipinski definition) is 1. The number of aromatic nitrogens is 2. The van der Waals surface area contributed by atoms with E-state index in [2.05, 4.69) is 31.0 Å². The van der Waals surface area contributed by atoms with Gasteiger partial charge in [-0.25, -0.2) is 8.42 Å². The zero-order chi connectivity index (χ0) is 15.8. The molecule has 0 radical (unpaired) electrons. The lowest BCUT2D eigenvalue weighted by Gasteiger charge is -2.19. The smallest absolute Gasteiger partial charge is 0.226 e. The summed E-state index contributed by atoms with van der Waals surface area (Å²) in [6, 6.07) is 1.95. The van der Waals surface area contributed by atoms with Crippen LogP contribution in [0.25, 0.3) is 0 Å². The summed E-state index contributed by atoms with van der Waals surface area (Å²) >= 11 is 0. The first-order valence-corrected chi connectivity index (χ1v) is 8.91. The molecule has 7 heteroatoms. The highest BCUT2D eigenvalue weighted by Crippen LogP contribution is 2.23. The van der Waals surface area contributed by atoms with E-state index in [1.165, 1.54) is 0 Å². The fourth-order valence-electron chi connectivity index (χ4n) is 2.46. The van der Waals surface area contributed by atoms with Crippen LogP contribution in [0.2, 0.25) is 0 Å². The molecule has 2 rings (SSSR count). The molecule has 1 amide bonds. The van der Waals surface area contributed by atoms with Gasteiger partial charge in [-0.3, -0.25) is 9.89 Å². The molecular weight excluding hydrogens is 290 g/mol. The molecule has 1 N–H and O–H groups in total. The molecule has 6 nitrogen and oxygen atoms in total. The minimum atomic E-state index is -3.03. The summed E-state index contributed by atoms with van der Waals surface area (Å²) in [6.45, 7) is 6.64. The van der Waals surface area contributed by atoms with E-state index < -0.39 is 15.8 Å². The summed E-state index contributed by atoms with van der Waals surface area (Å²) in [5.74, 6) is -0.407. The van der Waals surface area contributed by atoms with Gasteiger partial charge in [-0.05, 0) is 12.5 Å². The van der Waals surface area contributed by atoms with E-state index in [1.54, 1.807) is 11.9 Å². The van der Waals surface area contributed by atoms with Crippen LogP contribution in [0, 0.1) is 5.92 Å². The first-order valence-electron chi connectivity index (χ1n) is 7.09. The lowest BCUT2D eigenvalue weighted by molar-refractivity contribution is -0.134. The Bertz CT molecular complexity index is 628. The third-order valence-electron chi connectivity index (χ3n) is 3.76. The van der Waals surface area contributed by atoms with Crippen molar-refractivity contribution in [2.45, 2.75) is 39.2 Å². The number of hydrogen-bond acceptors (Lipinski definition) is 4. The van der Waals surface area contributed by atoms with Gasteiger partial charge in [0.15, 0.2) is 9.84 Å². The summed E-state index contributed by atoms with van der Waals surface area (Å²) < 4.78 is 22.9. The first kappa shape index (κ1) is 16.0. The molecule has 1 fully saturated rings. The van der Waals surface area contributed by atoms with Crippen LogP contribution in [-0.4, -0.2) is 48.0 Å². The third-order valence-corrected chi connectivity index (χ3v) is 5.53. The minimum absolute atomic E-state index is 0.0214. The third kappa shape index (κ3) is 3.84. The molecule has 0 bridgehead atoms. The molecule has 118 valence electrons. The van der Waals surface area contributed by atoms with Crippen LogP contribution in [-0.2, 0) is 26.6 Å². The van der Waals surface area contributed by atoms with Gasteiger partial charge < -0.3 is 4.90 Å². The van der Waals surface area contributed by atoms with Crippen molar-refractivity contribution in [2.24, 2.45) is 5.92 Å². The Balaban J connectivity index is 2.00. The molecule has 1 saturated heterocycles. The number of sulfone groups is 1. The fourth-order valence-corrected chi connectivity index (χ4v) is 4.19. The van der Waals surface area contributed by atoms with Gasteiger partial charge in [0.2, 0.25) is 5.91 Å². The number of carbonyl (C=O) groups is 1. The van der Waals surface area contributed by atoms with Gasteiger partial charge in [0.1, 0.15) is 0 Å². The van der Waals surface area contributed by atoms with Crippen molar-refractivity contribution < 1.29 is 13.2 Å². The Hall–Kier alpha value is -1.37. The number of aromatic amines is 1. The Morgan fingerprint density at radius 1 is 1.48 bits per heavy atom. The normalized spacial score (nSPS) is 21.4. The highest BCUT2D eigenvalue weighted by Gasteiger charge is 2.34. The second kappa shape index (κ2) is 5.44. The molecule has 2 heterocycles. The SMILES string of the molecule is CN(Cc1cc(C(C)(C)C)n[nH]1)C(=O)C1CCS(=O)(=O)C1. The maximum atomic E-state index is 12.3. The number of amides is 1. The van der Waals surface area contributed by atoms with Gasteiger partial charge in [-0.1, -0.05) is 20.8 Å². The van der Waals surface area contributed by atoms with Gasteiger partial charge >= 0.3 is 0 Å². The largest absolute Gasteiger partial charge is 0.340 e. The minimum Gasteiger partial charge on any atom is -0.340 e. The Kier molecular flexibility index (Phi) is 4.15. The van der Waals surface area contributed by atoms with E-state index in [0.717, 1.165) is 11.4 Å². The molecule has 1 aromatic heterocycles. The van der Waals surface area contributed by atoms with Crippen LogP contribution in [0.15, 0.2) is 6.07 Å². The molecule has 0 spiro atoms. The predicted octanol–water partition coefficient (Wildman–Crippen LogP) is 1.10. The Morgan fingerprint density at radius 2 is 2.14 bits per heavy atom. The van der Waals surface area contributed by atoms with Gasteiger partial charge in [-0.15, -0.1) is 0 Å². The molecular formula is C14H23N3O3S. The summed E-state index contributed by atoms with van der Waals surface area (Å²) in [5.41, 5.74) is 1.76. The zero-order valence-corrected chi connectivity index (χ0v) is 13.8. The van der Waals surface area contributed by atoms with Crippen molar-refractivity contribution in [3.05, 3.63) is 17.5 Å². The summed E-state index contributed by atoms with van der Waals surface area (Å²) in [5, 5.41) is 7.20. The van der Waals surface area contributed by atoms with Gasteiger partial charge in [0.25, 0.3) is 0 Å². The fraction of sp³-hybridized carbons (Fsp3) is 0.714. The predicted molar refractivity (Wildman–Crippen MR) is 80.5 cm³/mol. The number of nitrogens with zero attached hydrogens (tertiary/aromatic N) is 2. The van der Waals surface area contributed by atoms with Crippen molar-refractivity contribution in [3.8, 4) is 0 Å². The molecule has 1 aliphatic heterocycles. The number of carbonyl (C=O) groups excluding carboxylic acids is 1. The maximum Gasteiger partial charge on any atom is 0.226 e. The molecule has 0 saturated carbocycles. The molecule has 1 atom stereocenters. The topological polar surface area (TPSA) is 83.1 Å². The second-order valence-electron chi connectivity index (χ2n) is 6.82. The summed E-state index contributed by atoms with van der Waals surface area (Å²) in [7, 11) is -1.33. The summed E-state index contributed by atoms with van der Waals surface area (Å²) in [6.07, 6.45) is 0.432. The van der Waals surface area contributed by atoms with Crippen molar-refractivity contribution in [1.29, 1.82) is 0 Å². The monoisotopic (exact) mass is 313 g/mol. The van der Waals surface area contributed by atoms with Crippen LogP contribution in [0.4, 0.5) is 0 Å². The van der Waals surface area contributed by atoms with Crippen LogP contribution in [0.3, 0.4) is 0 Å². The highest BCUT2D eigenvalue weighted by atomic mass is 32.2. The highest BCUT2D eigenvalue weighted by molar-refractivity contribution is 7.91. The van der Waals surface area contributed by atoms with Crippen LogP contribution in [0.5, 0.6) is 0 Å². The number of nitrogens with one attached hydrogen (secondary N) is 1. The molecule has 1 aromatic rings. The lowest BCUT2D eigenvalue weighted by atomic mass is 9.92. The quantitative estimate of drug-likeness (QED) is 0.906. The van der Waals surface area contributed by atoms with Crippen molar-refractivity contribution in [2.75, 3.05) is 18.6 Å². The van der Waals surface area contributed by atoms with Crippen LogP contribution >= 0.6 is 0 Å². The Morgan fingerprint density at radius 3 is 2.62 bits per heavy atom. The first-order chi connectivity index (χ1) is 9.58. The summed E-state index contributed by atoms with van der Waals surface area (Å²) in [4.78, 5) is 13.8. The van der Waals surface area contributed by atoms with E-state index in [9.17, 15) is 13.2 Å². The molecule has 0 aromatic carbocycles. The standard InChI is InChI=1S/C14H23N3O3S/c1-14(2,3)12-7-11(15-16-12)8-17(4)13(18)10-5-6-21(19,20)9-10/h7,10H,5-6,8-9H2,1-4H3,(H,15,16). The molecule has 21 heavy (non-hydrogen) atoms. The zero-order valence-electron chi connectivity index (χ0n) is 13.0. The van der Waals surface area contributed by atoms with Gasteiger partial charge in [0.05, 0.1) is 35.4 Å². The second-order valence-corrected chi connectivity index (χ2v) is 9.05. The number of H-pyrrole nitrogens is 1. The Labute approximate surface area is 125 Å². The van der Waals surface area contributed by atoms with E-state index in [4.69, 9.17) is 0 Å². The van der Waals surface area contributed by atoms with Crippen molar-refractivity contribution >= 4 is 15.7 Å².